The first-order chi connectivity index (χ1) is 20.0. The molecule has 0 atom stereocenters. The van der Waals surface area contributed by atoms with Crippen LogP contribution < -0.4 is 5.32 Å². The van der Waals surface area contributed by atoms with Gasteiger partial charge in [0.2, 0.25) is 0 Å². The summed E-state index contributed by atoms with van der Waals surface area (Å²) in [4.78, 5) is 0. The van der Waals surface area contributed by atoms with Gasteiger partial charge in [0.1, 0.15) is 0 Å². The van der Waals surface area contributed by atoms with Gasteiger partial charge in [-0.15, -0.1) is 0 Å². The Bertz CT molecular complexity index is 1490. The van der Waals surface area contributed by atoms with E-state index < -0.39 is 0 Å². The van der Waals surface area contributed by atoms with E-state index in [0.29, 0.717) is 0 Å². The molecule has 0 spiro atoms. The van der Waals surface area contributed by atoms with Crippen LogP contribution in [-0.2, 0) is 6.54 Å². The van der Waals surface area contributed by atoms with Crippen molar-refractivity contribution in [2.45, 2.75) is 33.2 Å². The lowest BCUT2D eigenvalue weighted by Gasteiger charge is -2.19. The van der Waals surface area contributed by atoms with Gasteiger partial charge in [-0.1, -0.05) is 137 Å². The van der Waals surface area contributed by atoms with Crippen molar-refractivity contribution in [1.29, 1.82) is 0 Å². The molecule has 1 N–H and O–H groups in total. The average molecular weight is 538 g/mol. The van der Waals surface area contributed by atoms with Crippen LogP contribution in [0.4, 0.5) is 0 Å². The highest BCUT2D eigenvalue weighted by Crippen LogP contribution is 2.36. The second-order valence-corrected chi connectivity index (χ2v) is 9.86. The number of nitrogens with one attached hydrogen (secondary N) is 1. The first kappa shape index (κ1) is 31.1. The fraction of sp³-hybridized carbons (Fsp3) is 0.150. The van der Waals surface area contributed by atoms with E-state index in [1.54, 1.807) is 6.08 Å². The van der Waals surface area contributed by atoms with Crippen LogP contribution in [-0.4, -0.2) is 6.54 Å². The summed E-state index contributed by atoms with van der Waals surface area (Å²) in [6.45, 7) is 26.3. The molecule has 41 heavy (non-hydrogen) atoms. The van der Waals surface area contributed by atoms with E-state index in [2.05, 4.69) is 131 Å². The van der Waals surface area contributed by atoms with E-state index in [1.165, 1.54) is 22.3 Å². The van der Waals surface area contributed by atoms with Crippen molar-refractivity contribution in [2.24, 2.45) is 0 Å². The molecule has 2 aromatic carbocycles. The number of benzene rings is 2. The van der Waals surface area contributed by atoms with Crippen molar-refractivity contribution in [2.75, 3.05) is 6.54 Å². The van der Waals surface area contributed by atoms with Crippen LogP contribution in [0.1, 0.15) is 54.5 Å². The minimum Gasteiger partial charge on any atom is -0.309 e. The highest BCUT2D eigenvalue weighted by molar-refractivity contribution is 6.00. The number of hydrogen-bond donors (Lipinski definition) is 1. The largest absolute Gasteiger partial charge is 0.309 e. The Kier molecular flexibility index (Phi) is 12.1. The van der Waals surface area contributed by atoms with Crippen molar-refractivity contribution >= 4 is 22.3 Å². The van der Waals surface area contributed by atoms with Gasteiger partial charge >= 0.3 is 0 Å². The van der Waals surface area contributed by atoms with E-state index in [1.807, 2.05) is 24.3 Å². The van der Waals surface area contributed by atoms with Gasteiger partial charge in [0, 0.05) is 13.1 Å². The lowest BCUT2D eigenvalue weighted by molar-refractivity contribution is 0.747. The second-order valence-electron chi connectivity index (χ2n) is 9.86. The van der Waals surface area contributed by atoms with E-state index in [-0.39, 0.29) is 0 Å². The molecule has 0 bridgehead atoms. The van der Waals surface area contributed by atoms with Crippen molar-refractivity contribution < 1.29 is 0 Å². The molecular formula is C40H43N. The van der Waals surface area contributed by atoms with Crippen LogP contribution in [0.5, 0.6) is 0 Å². The molecule has 0 aliphatic heterocycles. The zero-order chi connectivity index (χ0) is 29.6. The summed E-state index contributed by atoms with van der Waals surface area (Å²) in [5, 5.41) is 3.50. The molecule has 1 heteroatoms. The van der Waals surface area contributed by atoms with Gasteiger partial charge in [-0.2, -0.15) is 0 Å². The first-order valence-electron chi connectivity index (χ1n) is 14.3. The molecule has 0 saturated carbocycles. The highest BCUT2D eigenvalue weighted by Gasteiger charge is 2.16. The maximum atomic E-state index is 4.39. The summed E-state index contributed by atoms with van der Waals surface area (Å²) in [5.74, 6) is 0. The zero-order valence-corrected chi connectivity index (χ0v) is 24.8. The summed E-state index contributed by atoms with van der Waals surface area (Å²) >= 11 is 0. The summed E-state index contributed by atoms with van der Waals surface area (Å²) in [6, 6.07) is 15.3. The van der Waals surface area contributed by atoms with Gasteiger partial charge in [-0.05, 0) is 93.2 Å². The Hall–Kier alpha value is -4.46. The Morgan fingerprint density at radius 2 is 1.66 bits per heavy atom. The fourth-order valence-corrected chi connectivity index (χ4v) is 5.18. The Morgan fingerprint density at radius 1 is 0.902 bits per heavy atom. The molecule has 1 aliphatic carbocycles. The Morgan fingerprint density at radius 3 is 2.32 bits per heavy atom. The molecule has 0 unspecified atom stereocenters. The van der Waals surface area contributed by atoms with Gasteiger partial charge in [0.25, 0.3) is 0 Å². The normalized spacial score (nSPS) is 17.8. The van der Waals surface area contributed by atoms with Crippen molar-refractivity contribution in [3.05, 3.63) is 181 Å². The van der Waals surface area contributed by atoms with Gasteiger partial charge in [-0.25, -0.2) is 0 Å². The van der Waals surface area contributed by atoms with E-state index >= 15 is 0 Å². The number of fused-ring (bicyclic) bond motifs is 1. The van der Waals surface area contributed by atoms with E-state index in [0.717, 1.165) is 64.9 Å². The molecule has 2 aromatic rings. The van der Waals surface area contributed by atoms with Crippen LogP contribution in [0.15, 0.2) is 153 Å². The number of hydrogen-bond acceptors (Lipinski definition) is 1. The standard InChI is InChI=1S/C40H43N/c1-8-18-31(10-3)28-41-29-32-21-17-23-34(26-32)37(12-5)38(13-6)35-24-25-39-30(7)20-15-14-16-22-33(19-9-2)36(11-4)40(39)27-35/h8-10,12-21,23-27,41H,1,3,5-7,11,22,28-29H2,2,4H3/b16-14-,19-9-,20-15-,31-18+,36-33-,38-37-. The lowest BCUT2D eigenvalue weighted by Crippen LogP contribution is -2.15. The molecule has 0 saturated heterocycles. The van der Waals surface area contributed by atoms with Gasteiger partial charge in [0.05, 0.1) is 0 Å². The predicted molar refractivity (Wildman–Crippen MR) is 184 cm³/mol. The molecule has 0 radical (unpaired) electrons. The van der Waals surface area contributed by atoms with Crippen molar-refractivity contribution in [1.82, 2.24) is 5.32 Å². The van der Waals surface area contributed by atoms with Crippen LogP contribution in [0.3, 0.4) is 0 Å². The predicted octanol–water partition coefficient (Wildman–Crippen LogP) is 10.6. The number of allylic oxidation sites excluding steroid dienone is 15. The monoisotopic (exact) mass is 537 g/mol. The van der Waals surface area contributed by atoms with Gasteiger partial charge < -0.3 is 5.32 Å². The Balaban J connectivity index is 2.12. The molecular weight excluding hydrogens is 494 g/mol. The smallest absolute Gasteiger partial charge is 0.0208 e. The SMILES string of the molecule is C=C/C=C(\C=C)CNCc1cccc(/C(C=C)=C(/C=C)c2ccc3c(c2)/C(CC)=C(/C=C\C)C/C=C\C=C/C3=C)c1. The third kappa shape index (κ3) is 8.03. The van der Waals surface area contributed by atoms with E-state index in [4.69, 9.17) is 0 Å². The van der Waals surface area contributed by atoms with Crippen LogP contribution in [0.2, 0.25) is 0 Å². The second kappa shape index (κ2) is 16.0. The van der Waals surface area contributed by atoms with Crippen LogP contribution in [0, 0.1) is 0 Å². The molecule has 0 heterocycles. The van der Waals surface area contributed by atoms with E-state index in [9.17, 15) is 0 Å². The fourth-order valence-electron chi connectivity index (χ4n) is 5.18. The maximum Gasteiger partial charge on any atom is 0.0208 e. The minimum atomic E-state index is 0.732. The van der Waals surface area contributed by atoms with Crippen molar-refractivity contribution in [3.8, 4) is 0 Å². The third-order valence-corrected chi connectivity index (χ3v) is 7.18. The molecule has 208 valence electrons. The summed E-state index contributed by atoms with van der Waals surface area (Å²) in [5.41, 5.74) is 12.7. The number of rotatable bonds is 12. The van der Waals surface area contributed by atoms with Crippen LogP contribution >= 0.6 is 0 Å². The first-order valence-corrected chi connectivity index (χ1v) is 14.3. The molecule has 1 nitrogen and oxygen atoms in total. The Labute approximate surface area is 248 Å². The maximum absolute atomic E-state index is 4.39. The molecule has 0 amide bonds. The summed E-state index contributed by atoms with van der Waals surface area (Å²) < 4.78 is 0. The molecule has 1 aliphatic rings. The minimum absolute atomic E-state index is 0.732. The average Bonchev–Trinajstić information content (AvgIpc) is 2.99. The van der Waals surface area contributed by atoms with Crippen molar-refractivity contribution in [3.63, 3.8) is 0 Å². The zero-order valence-electron chi connectivity index (χ0n) is 24.8. The highest BCUT2D eigenvalue weighted by atomic mass is 14.8. The van der Waals surface area contributed by atoms with Gasteiger partial charge in [0.15, 0.2) is 0 Å². The van der Waals surface area contributed by atoms with Crippen LogP contribution in [0.25, 0.3) is 22.3 Å². The molecule has 0 aromatic heterocycles. The topological polar surface area (TPSA) is 12.0 Å². The van der Waals surface area contributed by atoms with Gasteiger partial charge in [-0.3, -0.25) is 0 Å². The molecule has 3 rings (SSSR count). The summed E-state index contributed by atoms with van der Waals surface area (Å²) in [7, 11) is 0. The molecule has 0 fully saturated rings. The third-order valence-electron chi connectivity index (χ3n) is 7.18. The quantitative estimate of drug-likeness (QED) is 0.210. The summed E-state index contributed by atoms with van der Waals surface area (Å²) in [6.07, 6.45) is 24.1. The lowest BCUT2D eigenvalue weighted by atomic mass is 9.85.